The minimum Gasteiger partial charge on any atom is -0.378 e. The lowest BCUT2D eigenvalue weighted by atomic mass is 10.1. The molecule has 7 heteroatoms. The fraction of sp³-hybridized carbons (Fsp3) is 0.444. The molecule has 0 aromatic carbocycles. The van der Waals surface area contributed by atoms with Gasteiger partial charge in [-0.2, -0.15) is 0 Å². The van der Waals surface area contributed by atoms with Crippen molar-refractivity contribution in [1.82, 2.24) is 20.3 Å². The molecular formula is C18H22N4O3. The van der Waals surface area contributed by atoms with Crippen LogP contribution in [0.15, 0.2) is 29.2 Å². The minimum atomic E-state index is -0.303. The average molecular weight is 342 g/mol. The van der Waals surface area contributed by atoms with Crippen LogP contribution in [0.3, 0.4) is 0 Å². The number of rotatable bonds is 6. The first-order valence-corrected chi connectivity index (χ1v) is 8.53. The fourth-order valence-electron chi connectivity index (χ4n) is 2.91. The lowest BCUT2D eigenvalue weighted by Crippen LogP contribution is -2.31. The van der Waals surface area contributed by atoms with Crippen LogP contribution in [0.5, 0.6) is 0 Å². The molecule has 2 aromatic rings. The van der Waals surface area contributed by atoms with Gasteiger partial charge in [-0.25, -0.2) is 4.98 Å². The van der Waals surface area contributed by atoms with Crippen molar-refractivity contribution in [2.24, 2.45) is 0 Å². The maximum atomic E-state index is 12.3. The zero-order chi connectivity index (χ0) is 17.6. The van der Waals surface area contributed by atoms with Crippen molar-refractivity contribution in [3.05, 3.63) is 46.0 Å². The molecule has 1 aliphatic rings. The number of hydrogen-bond acceptors (Lipinski definition) is 5. The molecule has 1 fully saturated rings. The van der Waals surface area contributed by atoms with Crippen LogP contribution < -0.4 is 10.9 Å². The molecule has 0 saturated carbocycles. The Morgan fingerprint density at radius 1 is 1.44 bits per heavy atom. The third-order valence-electron chi connectivity index (χ3n) is 4.28. The summed E-state index contributed by atoms with van der Waals surface area (Å²) in [5.74, 6) is 0.227. The van der Waals surface area contributed by atoms with Gasteiger partial charge in [-0.1, -0.05) is 6.07 Å². The average Bonchev–Trinajstić information content (AvgIpc) is 3.12. The van der Waals surface area contributed by atoms with E-state index >= 15 is 0 Å². The Morgan fingerprint density at radius 2 is 2.32 bits per heavy atom. The molecule has 132 valence electrons. The van der Waals surface area contributed by atoms with E-state index in [-0.39, 0.29) is 24.0 Å². The number of nitrogens with zero attached hydrogens (tertiary/aromatic N) is 2. The van der Waals surface area contributed by atoms with E-state index in [2.05, 4.69) is 20.3 Å². The SMILES string of the molecule is Cc1nc(-c2ccccn2)[nH]c(=O)c1CC(=O)NCCC1CCCO1. The van der Waals surface area contributed by atoms with Crippen LogP contribution in [0, 0.1) is 6.92 Å². The molecule has 2 aromatic heterocycles. The summed E-state index contributed by atoms with van der Waals surface area (Å²) in [7, 11) is 0. The highest BCUT2D eigenvalue weighted by Crippen LogP contribution is 2.14. The Morgan fingerprint density at radius 3 is 3.00 bits per heavy atom. The number of aromatic nitrogens is 3. The number of pyridine rings is 1. The van der Waals surface area contributed by atoms with Crippen molar-refractivity contribution in [2.45, 2.75) is 38.7 Å². The van der Waals surface area contributed by atoms with Crippen LogP contribution in [0.1, 0.15) is 30.5 Å². The normalized spacial score (nSPS) is 16.8. The highest BCUT2D eigenvalue weighted by atomic mass is 16.5. The van der Waals surface area contributed by atoms with Gasteiger partial charge in [0.1, 0.15) is 5.69 Å². The van der Waals surface area contributed by atoms with Gasteiger partial charge in [0.25, 0.3) is 5.56 Å². The molecule has 3 heterocycles. The summed E-state index contributed by atoms with van der Waals surface area (Å²) in [6.07, 6.45) is 4.83. The summed E-state index contributed by atoms with van der Waals surface area (Å²) in [4.78, 5) is 35.7. The predicted octanol–water partition coefficient (Wildman–Crippen LogP) is 1.37. The number of ether oxygens (including phenoxy) is 1. The van der Waals surface area contributed by atoms with Gasteiger partial charge in [0.2, 0.25) is 5.91 Å². The first kappa shape index (κ1) is 17.3. The van der Waals surface area contributed by atoms with Gasteiger partial charge < -0.3 is 15.0 Å². The molecule has 7 nitrogen and oxygen atoms in total. The van der Waals surface area contributed by atoms with Crippen LogP contribution >= 0.6 is 0 Å². The summed E-state index contributed by atoms with van der Waals surface area (Å²) in [5.41, 5.74) is 1.21. The summed E-state index contributed by atoms with van der Waals surface area (Å²) in [5, 5.41) is 2.85. The third-order valence-corrected chi connectivity index (χ3v) is 4.28. The summed E-state index contributed by atoms with van der Waals surface area (Å²) >= 11 is 0. The molecule has 25 heavy (non-hydrogen) atoms. The van der Waals surface area contributed by atoms with E-state index in [1.54, 1.807) is 25.3 Å². The topological polar surface area (TPSA) is 97.0 Å². The van der Waals surface area contributed by atoms with E-state index in [0.717, 1.165) is 25.9 Å². The number of H-pyrrole nitrogens is 1. The zero-order valence-electron chi connectivity index (χ0n) is 14.2. The highest BCUT2D eigenvalue weighted by molar-refractivity contribution is 5.78. The summed E-state index contributed by atoms with van der Waals surface area (Å²) in [6, 6.07) is 5.39. The second-order valence-corrected chi connectivity index (χ2v) is 6.14. The number of nitrogens with one attached hydrogen (secondary N) is 2. The molecule has 1 unspecified atom stereocenters. The fourth-order valence-corrected chi connectivity index (χ4v) is 2.91. The number of aryl methyl sites for hydroxylation is 1. The number of aromatic amines is 1. The Kier molecular flexibility index (Phi) is 5.55. The molecule has 2 N–H and O–H groups in total. The van der Waals surface area contributed by atoms with Crippen molar-refractivity contribution >= 4 is 5.91 Å². The molecule has 1 aliphatic heterocycles. The van der Waals surface area contributed by atoms with Gasteiger partial charge in [-0.3, -0.25) is 14.6 Å². The first-order chi connectivity index (χ1) is 12.1. The third kappa shape index (κ3) is 4.51. The number of carbonyl (C=O) groups excluding carboxylic acids is 1. The Labute approximate surface area is 145 Å². The number of carbonyl (C=O) groups is 1. The van der Waals surface area contributed by atoms with Gasteiger partial charge in [0.05, 0.1) is 12.5 Å². The highest BCUT2D eigenvalue weighted by Gasteiger charge is 2.17. The lowest BCUT2D eigenvalue weighted by Gasteiger charge is -2.11. The zero-order valence-corrected chi connectivity index (χ0v) is 14.2. The molecule has 0 bridgehead atoms. The van der Waals surface area contributed by atoms with Crippen LogP contribution in [0.25, 0.3) is 11.5 Å². The summed E-state index contributed by atoms with van der Waals surface area (Å²) in [6.45, 7) is 3.10. The van der Waals surface area contributed by atoms with Crippen LogP contribution in [0.4, 0.5) is 0 Å². The van der Waals surface area contributed by atoms with Crippen molar-refractivity contribution in [1.29, 1.82) is 0 Å². The maximum absolute atomic E-state index is 12.3. The van der Waals surface area contributed by atoms with E-state index < -0.39 is 0 Å². The van der Waals surface area contributed by atoms with Gasteiger partial charge in [-0.05, 0) is 38.3 Å². The quantitative estimate of drug-likeness (QED) is 0.826. The molecule has 0 radical (unpaired) electrons. The molecule has 1 atom stereocenters. The van der Waals surface area contributed by atoms with Gasteiger partial charge in [0, 0.05) is 30.6 Å². The van der Waals surface area contributed by atoms with Gasteiger partial charge in [-0.15, -0.1) is 0 Å². The van der Waals surface area contributed by atoms with Crippen molar-refractivity contribution in [2.75, 3.05) is 13.2 Å². The first-order valence-electron chi connectivity index (χ1n) is 8.53. The maximum Gasteiger partial charge on any atom is 0.255 e. The van der Waals surface area contributed by atoms with Gasteiger partial charge in [0.15, 0.2) is 5.82 Å². The number of hydrogen-bond donors (Lipinski definition) is 2. The van der Waals surface area contributed by atoms with E-state index in [1.165, 1.54) is 0 Å². The van der Waals surface area contributed by atoms with E-state index in [4.69, 9.17) is 4.74 Å². The smallest absolute Gasteiger partial charge is 0.255 e. The standard InChI is InChI=1S/C18H22N4O3/c1-12-14(11-16(23)20-9-7-13-5-4-10-25-13)18(24)22-17(21-12)15-6-2-3-8-19-15/h2-3,6,8,13H,4-5,7,9-11H2,1H3,(H,20,23)(H,21,22,24). The monoisotopic (exact) mass is 342 g/mol. The Balaban J connectivity index is 1.62. The minimum absolute atomic E-state index is 0.0161. The molecule has 1 saturated heterocycles. The molecule has 0 aliphatic carbocycles. The predicted molar refractivity (Wildman–Crippen MR) is 93.1 cm³/mol. The molecule has 3 rings (SSSR count). The van der Waals surface area contributed by atoms with E-state index in [0.29, 0.717) is 29.3 Å². The van der Waals surface area contributed by atoms with Crippen molar-refractivity contribution in [3.8, 4) is 11.5 Å². The second kappa shape index (κ2) is 8.02. The van der Waals surface area contributed by atoms with Crippen LogP contribution in [0.2, 0.25) is 0 Å². The largest absolute Gasteiger partial charge is 0.378 e. The molecule has 1 amide bonds. The molecular weight excluding hydrogens is 320 g/mol. The Hall–Kier alpha value is -2.54. The van der Waals surface area contributed by atoms with E-state index in [1.807, 2.05) is 6.07 Å². The Bertz CT molecular complexity index is 783. The summed E-state index contributed by atoms with van der Waals surface area (Å²) < 4.78 is 5.52. The number of amides is 1. The van der Waals surface area contributed by atoms with Crippen LogP contribution in [-0.2, 0) is 16.0 Å². The lowest BCUT2D eigenvalue weighted by molar-refractivity contribution is -0.120. The molecule has 0 spiro atoms. The van der Waals surface area contributed by atoms with E-state index in [9.17, 15) is 9.59 Å². The van der Waals surface area contributed by atoms with Crippen molar-refractivity contribution < 1.29 is 9.53 Å². The van der Waals surface area contributed by atoms with Gasteiger partial charge >= 0.3 is 0 Å². The van der Waals surface area contributed by atoms with Crippen LogP contribution in [-0.4, -0.2) is 40.1 Å². The van der Waals surface area contributed by atoms with Crippen molar-refractivity contribution in [3.63, 3.8) is 0 Å². The second-order valence-electron chi connectivity index (χ2n) is 6.14.